The number of rotatable bonds is 4. The summed E-state index contributed by atoms with van der Waals surface area (Å²) in [6.07, 6.45) is 0. The molecule has 0 fully saturated rings. The van der Waals surface area contributed by atoms with Gasteiger partial charge in [-0.15, -0.1) is 5.10 Å². The summed E-state index contributed by atoms with van der Waals surface area (Å²) < 4.78 is 1.84. The first-order valence-corrected chi connectivity index (χ1v) is 7.31. The van der Waals surface area contributed by atoms with E-state index in [-0.39, 0.29) is 11.9 Å². The summed E-state index contributed by atoms with van der Waals surface area (Å²) in [4.78, 5) is 12.0. The quantitative estimate of drug-likeness (QED) is 0.804. The van der Waals surface area contributed by atoms with Gasteiger partial charge in [-0.1, -0.05) is 35.5 Å². The molecule has 22 heavy (non-hydrogen) atoms. The Hall–Kier alpha value is -2.69. The van der Waals surface area contributed by atoms with Gasteiger partial charge in [0.05, 0.1) is 12.1 Å². The van der Waals surface area contributed by atoms with E-state index < -0.39 is 0 Å². The normalized spacial score (nSPS) is 11.0. The molecule has 0 aliphatic rings. The summed E-state index contributed by atoms with van der Waals surface area (Å²) >= 11 is 0. The number of hydrogen-bond donors (Lipinski definition) is 1. The van der Waals surface area contributed by atoms with E-state index in [4.69, 9.17) is 0 Å². The second kappa shape index (κ2) is 5.97. The molecule has 2 aromatic carbocycles. The Kier molecular flexibility index (Phi) is 3.87. The van der Waals surface area contributed by atoms with Crippen molar-refractivity contribution in [1.82, 2.24) is 20.3 Å². The average molecular weight is 294 g/mol. The Bertz CT molecular complexity index is 793. The largest absolute Gasteiger partial charge is 0.350 e. The number of nitrogens with one attached hydrogen (secondary N) is 1. The molecule has 1 heterocycles. The van der Waals surface area contributed by atoms with Crippen LogP contribution in [0.1, 0.15) is 29.8 Å². The van der Waals surface area contributed by atoms with E-state index in [0.29, 0.717) is 12.1 Å². The molecular weight excluding hydrogens is 276 g/mol. The minimum absolute atomic E-state index is 0.0884. The molecular formula is C17H18N4O. The summed E-state index contributed by atoms with van der Waals surface area (Å²) in [5, 5.41) is 11.2. The van der Waals surface area contributed by atoms with E-state index in [2.05, 4.69) is 27.8 Å². The Morgan fingerprint density at radius 1 is 1.18 bits per heavy atom. The topological polar surface area (TPSA) is 59.8 Å². The zero-order valence-corrected chi connectivity index (χ0v) is 12.7. The fraction of sp³-hybridized carbons (Fsp3) is 0.235. The first kappa shape index (κ1) is 14.3. The van der Waals surface area contributed by atoms with Crippen LogP contribution in [0.25, 0.3) is 11.0 Å². The lowest BCUT2D eigenvalue weighted by molar-refractivity contribution is 0.0943. The highest BCUT2D eigenvalue weighted by Gasteiger charge is 2.11. The highest BCUT2D eigenvalue weighted by atomic mass is 16.1. The number of amides is 1. The zero-order valence-electron chi connectivity index (χ0n) is 12.7. The molecule has 1 N–H and O–H groups in total. The van der Waals surface area contributed by atoms with E-state index in [9.17, 15) is 4.79 Å². The van der Waals surface area contributed by atoms with Gasteiger partial charge in [0.25, 0.3) is 5.91 Å². The van der Waals surface area contributed by atoms with Gasteiger partial charge in [-0.3, -0.25) is 4.79 Å². The number of fused-ring (bicyclic) bond motifs is 1. The standard InChI is InChI=1S/C17H18N4O/c1-12(2)18-17(22)14-8-9-16-15(10-14)19-20-21(16)11-13-6-4-3-5-7-13/h3-10,12H,11H2,1-2H3,(H,18,22). The first-order chi connectivity index (χ1) is 10.6. The van der Waals surface area contributed by atoms with E-state index >= 15 is 0 Å². The first-order valence-electron chi connectivity index (χ1n) is 7.31. The second-order valence-corrected chi connectivity index (χ2v) is 5.56. The van der Waals surface area contributed by atoms with E-state index in [1.165, 1.54) is 0 Å². The van der Waals surface area contributed by atoms with Crippen LogP contribution in [-0.2, 0) is 6.54 Å². The maximum atomic E-state index is 12.0. The molecule has 0 aliphatic heterocycles. The maximum absolute atomic E-state index is 12.0. The Labute approximate surface area is 129 Å². The molecule has 5 heteroatoms. The smallest absolute Gasteiger partial charge is 0.251 e. The third-order valence-electron chi connectivity index (χ3n) is 3.37. The van der Waals surface area contributed by atoms with Crippen molar-refractivity contribution in [2.45, 2.75) is 26.4 Å². The fourth-order valence-electron chi connectivity index (χ4n) is 2.33. The summed E-state index contributed by atoms with van der Waals surface area (Å²) in [5.74, 6) is -0.0884. The van der Waals surface area contributed by atoms with E-state index in [1.54, 1.807) is 6.07 Å². The van der Waals surface area contributed by atoms with Crippen LogP contribution in [0.2, 0.25) is 0 Å². The molecule has 1 aromatic heterocycles. The number of carbonyl (C=O) groups excluding carboxylic acids is 1. The van der Waals surface area contributed by atoms with Crippen LogP contribution < -0.4 is 5.32 Å². The number of benzene rings is 2. The lowest BCUT2D eigenvalue weighted by atomic mass is 10.1. The number of hydrogen-bond acceptors (Lipinski definition) is 3. The summed E-state index contributed by atoms with van der Waals surface area (Å²) in [6, 6.07) is 15.7. The van der Waals surface area contributed by atoms with Crippen LogP contribution in [0.4, 0.5) is 0 Å². The van der Waals surface area contributed by atoms with Crippen molar-refractivity contribution in [3.8, 4) is 0 Å². The van der Waals surface area contributed by atoms with Crippen LogP contribution in [0.3, 0.4) is 0 Å². The minimum atomic E-state index is -0.0884. The number of carbonyl (C=O) groups is 1. The van der Waals surface area contributed by atoms with Crippen LogP contribution in [-0.4, -0.2) is 26.9 Å². The monoisotopic (exact) mass is 294 g/mol. The predicted molar refractivity (Wildman–Crippen MR) is 85.7 cm³/mol. The third kappa shape index (κ3) is 2.98. The molecule has 5 nitrogen and oxygen atoms in total. The van der Waals surface area contributed by atoms with Crippen molar-refractivity contribution in [3.05, 3.63) is 59.7 Å². The summed E-state index contributed by atoms with van der Waals surface area (Å²) in [5.41, 5.74) is 3.42. The molecule has 0 bridgehead atoms. The van der Waals surface area contributed by atoms with Gasteiger partial charge in [-0.25, -0.2) is 4.68 Å². The van der Waals surface area contributed by atoms with E-state index in [0.717, 1.165) is 16.6 Å². The average Bonchev–Trinajstić information content (AvgIpc) is 2.90. The Balaban J connectivity index is 1.88. The molecule has 0 aliphatic carbocycles. The van der Waals surface area contributed by atoms with Gasteiger partial charge in [0, 0.05) is 11.6 Å². The van der Waals surface area contributed by atoms with Gasteiger partial charge in [0.15, 0.2) is 0 Å². The zero-order chi connectivity index (χ0) is 15.5. The van der Waals surface area contributed by atoms with Crippen LogP contribution in [0.5, 0.6) is 0 Å². The van der Waals surface area contributed by atoms with Crippen molar-refractivity contribution in [3.63, 3.8) is 0 Å². The van der Waals surface area contributed by atoms with Gasteiger partial charge < -0.3 is 5.32 Å². The van der Waals surface area contributed by atoms with Crippen LogP contribution in [0, 0.1) is 0 Å². The highest BCUT2D eigenvalue weighted by Crippen LogP contribution is 2.15. The minimum Gasteiger partial charge on any atom is -0.350 e. The lowest BCUT2D eigenvalue weighted by Crippen LogP contribution is -2.29. The molecule has 0 spiro atoms. The summed E-state index contributed by atoms with van der Waals surface area (Å²) in [6.45, 7) is 4.54. The molecule has 1 amide bonds. The Morgan fingerprint density at radius 3 is 2.68 bits per heavy atom. The third-order valence-corrected chi connectivity index (χ3v) is 3.37. The molecule has 112 valence electrons. The molecule has 3 rings (SSSR count). The predicted octanol–water partition coefficient (Wildman–Crippen LogP) is 2.62. The van der Waals surface area contributed by atoms with Crippen molar-refractivity contribution >= 4 is 16.9 Å². The summed E-state index contributed by atoms with van der Waals surface area (Å²) in [7, 11) is 0. The molecule has 0 saturated carbocycles. The van der Waals surface area contributed by atoms with Crippen molar-refractivity contribution in [2.24, 2.45) is 0 Å². The molecule has 3 aromatic rings. The van der Waals surface area contributed by atoms with Gasteiger partial charge in [0.2, 0.25) is 0 Å². The van der Waals surface area contributed by atoms with E-state index in [1.807, 2.05) is 48.9 Å². The van der Waals surface area contributed by atoms with Crippen molar-refractivity contribution in [1.29, 1.82) is 0 Å². The molecule has 0 atom stereocenters. The van der Waals surface area contributed by atoms with Gasteiger partial charge in [-0.05, 0) is 37.6 Å². The van der Waals surface area contributed by atoms with Crippen molar-refractivity contribution in [2.75, 3.05) is 0 Å². The second-order valence-electron chi connectivity index (χ2n) is 5.56. The molecule has 0 unspecified atom stereocenters. The van der Waals surface area contributed by atoms with Crippen molar-refractivity contribution < 1.29 is 4.79 Å². The number of nitrogens with zero attached hydrogens (tertiary/aromatic N) is 3. The van der Waals surface area contributed by atoms with Crippen LogP contribution in [0.15, 0.2) is 48.5 Å². The molecule has 0 saturated heterocycles. The number of aromatic nitrogens is 3. The van der Waals surface area contributed by atoms with Crippen LogP contribution >= 0.6 is 0 Å². The molecule has 0 radical (unpaired) electrons. The Morgan fingerprint density at radius 2 is 1.95 bits per heavy atom. The van der Waals surface area contributed by atoms with Gasteiger partial charge in [0.1, 0.15) is 5.52 Å². The van der Waals surface area contributed by atoms with Gasteiger partial charge >= 0.3 is 0 Å². The highest BCUT2D eigenvalue weighted by molar-refractivity contribution is 5.97. The van der Waals surface area contributed by atoms with Gasteiger partial charge in [-0.2, -0.15) is 0 Å². The maximum Gasteiger partial charge on any atom is 0.251 e. The lowest BCUT2D eigenvalue weighted by Gasteiger charge is -2.08. The SMILES string of the molecule is CC(C)NC(=O)c1ccc2c(c1)nnn2Cc1ccccc1. The fourth-order valence-corrected chi connectivity index (χ4v) is 2.33.